The Bertz CT molecular complexity index is 524. The van der Waals surface area contributed by atoms with E-state index in [1.165, 1.54) is 9.75 Å². The van der Waals surface area contributed by atoms with Crippen LogP contribution in [0.5, 0.6) is 0 Å². The fraction of sp³-hybridized carbons (Fsp3) is 0.333. The lowest BCUT2D eigenvalue weighted by Gasteiger charge is -2.10. The molecule has 2 aromatic rings. The first-order chi connectivity index (χ1) is 9.19. The first-order valence-corrected chi connectivity index (χ1v) is 8.57. The van der Waals surface area contributed by atoms with Crippen LogP contribution in [0.1, 0.15) is 16.7 Å². The molecule has 0 amide bonds. The normalized spacial score (nSPS) is 12.6. The van der Waals surface area contributed by atoms with Gasteiger partial charge < -0.3 is 5.73 Å². The molecular formula is C15H18ClNS2. The molecule has 102 valence electrons. The van der Waals surface area contributed by atoms with Crippen molar-refractivity contribution in [3.05, 3.63) is 51.2 Å². The highest BCUT2D eigenvalue weighted by Gasteiger charge is 2.08. The minimum absolute atomic E-state index is 0.171. The summed E-state index contributed by atoms with van der Waals surface area (Å²) < 4.78 is 0. The van der Waals surface area contributed by atoms with Crippen LogP contribution in [-0.4, -0.2) is 11.8 Å². The zero-order valence-electron chi connectivity index (χ0n) is 10.9. The van der Waals surface area contributed by atoms with Gasteiger partial charge in [-0.1, -0.05) is 30.7 Å². The van der Waals surface area contributed by atoms with Crippen LogP contribution in [0.15, 0.2) is 41.3 Å². The van der Waals surface area contributed by atoms with Crippen LogP contribution in [0.2, 0.25) is 5.02 Å². The molecule has 0 saturated carbocycles. The van der Waals surface area contributed by atoms with E-state index in [0.29, 0.717) is 0 Å². The summed E-state index contributed by atoms with van der Waals surface area (Å²) in [4.78, 5) is 3.92. The minimum Gasteiger partial charge on any atom is -0.327 e. The van der Waals surface area contributed by atoms with E-state index in [4.69, 9.17) is 17.3 Å². The zero-order chi connectivity index (χ0) is 13.7. The molecular weight excluding hydrogens is 294 g/mol. The number of hydrogen-bond donors (Lipinski definition) is 1. The Morgan fingerprint density at radius 1 is 1.21 bits per heavy atom. The zero-order valence-corrected chi connectivity index (χ0v) is 13.3. The third kappa shape index (κ3) is 4.53. The highest BCUT2D eigenvalue weighted by Crippen LogP contribution is 2.27. The number of benzene rings is 1. The number of halogens is 1. The molecule has 1 nitrogen and oxygen atoms in total. The van der Waals surface area contributed by atoms with Gasteiger partial charge in [0.05, 0.1) is 5.02 Å². The molecule has 0 aliphatic heterocycles. The minimum atomic E-state index is 0.171. The molecule has 1 atom stereocenters. The summed E-state index contributed by atoms with van der Waals surface area (Å²) in [5, 5.41) is 0.809. The van der Waals surface area contributed by atoms with Crippen LogP contribution in [0.3, 0.4) is 0 Å². The molecule has 2 N–H and O–H groups in total. The molecule has 0 saturated heterocycles. The van der Waals surface area contributed by atoms with Crippen LogP contribution in [-0.2, 0) is 12.8 Å². The Morgan fingerprint density at radius 3 is 2.63 bits per heavy atom. The first kappa shape index (κ1) is 14.9. The topological polar surface area (TPSA) is 26.0 Å². The van der Waals surface area contributed by atoms with Gasteiger partial charge >= 0.3 is 0 Å². The molecule has 1 heterocycles. The molecule has 0 bridgehead atoms. The van der Waals surface area contributed by atoms with Crippen molar-refractivity contribution in [1.29, 1.82) is 0 Å². The van der Waals surface area contributed by atoms with Crippen LogP contribution in [0.4, 0.5) is 0 Å². The summed E-state index contributed by atoms with van der Waals surface area (Å²) in [5.74, 6) is 0.892. The lowest BCUT2D eigenvalue weighted by atomic mass is 10.2. The molecule has 0 fully saturated rings. The van der Waals surface area contributed by atoms with E-state index in [2.05, 4.69) is 19.1 Å². The number of thiophene rings is 1. The van der Waals surface area contributed by atoms with Gasteiger partial charge in [-0.3, -0.25) is 0 Å². The van der Waals surface area contributed by atoms with E-state index < -0.39 is 0 Å². The van der Waals surface area contributed by atoms with E-state index in [1.54, 1.807) is 11.8 Å². The summed E-state index contributed by atoms with van der Waals surface area (Å²) in [5.41, 5.74) is 6.20. The molecule has 0 spiro atoms. The number of hydrogen-bond acceptors (Lipinski definition) is 3. The van der Waals surface area contributed by atoms with Gasteiger partial charge in [-0.15, -0.1) is 23.1 Å². The smallest absolute Gasteiger partial charge is 0.0541 e. The summed E-state index contributed by atoms with van der Waals surface area (Å²) in [6.07, 6.45) is 2.05. The first-order valence-electron chi connectivity index (χ1n) is 6.39. The number of rotatable bonds is 6. The van der Waals surface area contributed by atoms with Crippen molar-refractivity contribution in [3.63, 3.8) is 0 Å². The highest BCUT2D eigenvalue weighted by atomic mass is 35.5. The monoisotopic (exact) mass is 311 g/mol. The Morgan fingerprint density at radius 2 is 1.95 bits per heavy atom. The van der Waals surface area contributed by atoms with Gasteiger partial charge in [0.25, 0.3) is 0 Å². The molecule has 4 heteroatoms. The number of aryl methyl sites for hydroxylation is 1. The van der Waals surface area contributed by atoms with Crippen molar-refractivity contribution >= 4 is 34.7 Å². The Kier molecular flexibility index (Phi) is 5.76. The largest absolute Gasteiger partial charge is 0.327 e. The van der Waals surface area contributed by atoms with Crippen LogP contribution in [0.25, 0.3) is 0 Å². The quantitative estimate of drug-likeness (QED) is 0.787. The van der Waals surface area contributed by atoms with Crippen molar-refractivity contribution in [2.24, 2.45) is 5.73 Å². The van der Waals surface area contributed by atoms with Crippen molar-refractivity contribution in [3.8, 4) is 0 Å². The van der Waals surface area contributed by atoms with Gasteiger partial charge in [0, 0.05) is 26.4 Å². The summed E-state index contributed by atoms with van der Waals surface area (Å²) >= 11 is 9.74. The average Bonchev–Trinajstić information content (AvgIpc) is 2.85. The van der Waals surface area contributed by atoms with Gasteiger partial charge in [0.2, 0.25) is 0 Å². The van der Waals surface area contributed by atoms with Gasteiger partial charge in [-0.25, -0.2) is 0 Å². The van der Waals surface area contributed by atoms with Gasteiger partial charge in [-0.2, -0.15) is 0 Å². The number of thioether (sulfide) groups is 1. The number of nitrogens with two attached hydrogens (primary N) is 1. The molecule has 1 aromatic heterocycles. The summed E-state index contributed by atoms with van der Waals surface area (Å²) in [6, 6.07) is 12.5. The standard InChI is InChI=1S/C15H18ClNS2/c1-2-12-7-8-13(19-12)9-11(17)10-18-15-6-4-3-5-14(15)16/h3-8,11H,2,9-10,17H2,1H3. The maximum Gasteiger partial charge on any atom is 0.0541 e. The lowest BCUT2D eigenvalue weighted by molar-refractivity contribution is 0.757. The molecule has 19 heavy (non-hydrogen) atoms. The predicted molar refractivity (Wildman–Crippen MR) is 87.6 cm³/mol. The van der Waals surface area contributed by atoms with E-state index in [-0.39, 0.29) is 6.04 Å². The van der Waals surface area contributed by atoms with Crippen molar-refractivity contribution < 1.29 is 0 Å². The van der Waals surface area contributed by atoms with E-state index in [9.17, 15) is 0 Å². The van der Waals surface area contributed by atoms with Gasteiger partial charge in [0.15, 0.2) is 0 Å². The van der Waals surface area contributed by atoms with Crippen LogP contribution in [0, 0.1) is 0 Å². The molecule has 0 aliphatic rings. The lowest BCUT2D eigenvalue weighted by Crippen LogP contribution is -2.25. The van der Waals surface area contributed by atoms with E-state index in [1.807, 2.05) is 35.6 Å². The second-order valence-corrected chi connectivity index (χ2v) is 7.15. The molecule has 1 aromatic carbocycles. The van der Waals surface area contributed by atoms with Crippen LogP contribution >= 0.6 is 34.7 Å². The molecule has 1 unspecified atom stereocenters. The van der Waals surface area contributed by atoms with Gasteiger partial charge in [0.1, 0.15) is 0 Å². The molecule has 2 rings (SSSR count). The SMILES string of the molecule is CCc1ccc(CC(N)CSc2ccccc2Cl)s1. The Balaban J connectivity index is 1.84. The summed E-state index contributed by atoms with van der Waals surface area (Å²) in [7, 11) is 0. The Labute approximate surface area is 128 Å². The highest BCUT2D eigenvalue weighted by molar-refractivity contribution is 7.99. The second kappa shape index (κ2) is 7.34. The third-order valence-corrected chi connectivity index (χ3v) is 5.77. The van der Waals surface area contributed by atoms with Crippen molar-refractivity contribution in [1.82, 2.24) is 0 Å². The van der Waals surface area contributed by atoms with Gasteiger partial charge in [-0.05, 0) is 37.1 Å². The fourth-order valence-electron chi connectivity index (χ4n) is 1.80. The van der Waals surface area contributed by atoms with E-state index in [0.717, 1.165) is 28.5 Å². The summed E-state index contributed by atoms with van der Waals surface area (Å²) in [6.45, 7) is 2.18. The Hall–Kier alpha value is -0.480. The average molecular weight is 312 g/mol. The molecule has 0 radical (unpaired) electrons. The third-order valence-electron chi connectivity index (χ3n) is 2.82. The van der Waals surface area contributed by atoms with Crippen molar-refractivity contribution in [2.75, 3.05) is 5.75 Å². The second-order valence-electron chi connectivity index (χ2n) is 4.43. The molecule has 0 aliphatic carbocycles. The fourth-order valence-corrected chi connectivity index (χ4v) is 4.04. The predicted octanol–water partition coefficient (Wildman–Crippen LogP) is 4.63. The maximum atomic E-state index is 6.20. The maximum absolute atomic E-state index is 6.20. The van der Waals surface area contributed by atoms with Crippen LogP contribution < -0.4 is 5.73 Å². The van der Waals surface area contributed by atoms with E-state index >= 15 is 0 Å². The van der Waals surface area contributed by atoms with Crippen molar-refractivity contribution in [2.45, 2.75) is 30.7 Å².